The van der Waals surface area contributed by atoms with E-state index in [2.05, 4.69) is 22.8 Å². The van der Waals surface area contributed by atoms with Crippen molar-refractivity contribution in [3.63, 3.8) is 0 Å². The number of carbonyl (C=O) groups is 2. The van der Waals surface area contributed by atoms with Crippen molar-refractivity contribution in [2.24, 2.45) is 5.92 Å². The van der Waals surface area contributed by atoms with Gasteiger partial charge < -0.3 is 9.80 Å². The summed E-state index contributed by atoms with van der Waals surface area (Å²) in [5.41, 5.74) is 1.03. The summed E-state index contributed by atoms with van der Waals surface area (Å²) in [6.07, 6.45) is 7.56. The molecular weight excluding hydrogens is 302 g/mol. The molecule has 5 nitrogen and oxygen atoms in total. The quantitative estimate of drug-likeness (QED) is 0.775. The molecule has 0 aromatic heterocycles. The van der Waals surface area contributed by atoms with E-state index in [1.165, 1.54) is 6.42 Å². The highest BCUT2D eigenvalue weighted by Crippen LogP contribution is 2.27. The van der Waals surface area contributed by atoms with Gasteiger partial charge in [-0.1, -0.05) is 13.0 Å². The first kappa shape index (κ1) is 17.5. The van der Waals surface area contributed by atoms with Gasteiger partial charge in [0.05, 0.1) is 0 Å². The Morgan fingerprint density at radius 1 is 1.00 bits per heavy atom. The smallest absolute Gasteiger partial charge is 0.249 e. The second-order valence-electron chi connectivity index (χ2n) is 7.63. The maximum atomic E-state index is 12.8. The second-order valence-corrected chi connectivity index (χ2v) is 7.63. The summed E-state index contributed by atoms with van der Waals surface area (Å²) in [6.45, 7) is 9.28. The first-order valence-corrected chi connectivity index (χ1v) is 9.54. The molecule has 1 aliphatic carbocycles. The number of allylic oxidation sites excluding steroid dienone is 1. The van der Waals surface area contributed by atoms with E-state index in [0.717, 1.165) is 70.5 Å². The normalized spacial score (nSPS) is 29.3. The molecule has 2 unspecified atom stereocenters. The largest absolute Gasteiger partial charge is 0.342 e. The Bertz CT molecular complexity index is 517. The predicted molar refractivity (Wildman–Crippen MR) is 94.5 cm³/mol. The standard InChI is InChI=1S/C19H31N3O2/c1-15-13-22(19(24)17-7-4-3-5-8-17)14-18(15)21-10-6-9-20(11-12-21)16(2)23/h7,15,18H,3-6,8-14H2,1-2H3. The van der Waals surface area contributed by atoms with Gasteiger partial charge in [-0.3, -0.25) is 14.5 Å². The van der Waals surface area contributed by atoms with Crippen molar-refractivity contribution in [1.29, 1.82) is 0 Å². The Hall–Kier alpha value is -1.36. The lowest BCUT2D eigenvalue weighted by atomic mass is 9.99. The van der Waals surface area contributed by atoms with E-state index < -0.39 is 0 Å². The van der Waals surface area contributed by atoms with E-state index >= 15 is 0 Å². The molecule has 5 heteroatoms. The lowest BCUT2D eigenvalue weighted by molar-refractivity contribution is -0.128. The third-order valence-electron chi connectivity index (χ3n) is 5.87. The summed E-state index contributed by atoms with van der Waals surface area (Å²) in [6, 6.07) is 0.435. The van der Waals surface area contributed by atoms with Crippen molar-refractivity contribution in [2.45, 2.75) is 52.0 Å². The summed E-state index contributed by atoms with van der Waals surface area (Å²) in [4.78, 5) is 30.9. The van der Waals surface area contributed by atoms with Gasteiger partial charge in [0.15, 0.2) is 0 Å². The van der Waals surface area contributed by atoms with Gasteiger partial charge in [-0.15, -0.1) is 0 Å². The second kappa shape index (κ2) is 7.68. The van der Waals surface area contributed by atoms with Crippen LogP contribution in [0.15, 0.2) is 11.6 Å². The minimum Gasteiger partial charge on any atom is -0.342 e. The van der Waals surface area contributed by atoms with Crippen molar-refractivity contribution in [3.05, 3.63) is 11.6 Å². The molecule has 0 bridgehead atoms. The van der Waals surface area contributed by atoms with Crippen molar-refractivity contribution in [2.75, 3.05) is 39.3 Å². The van der Waals surface area contributed by atoms with Crippen molar-refractivity contribution in [1.82, 2.24) is 14.7 Å². The van der Waals surface area contributed by atoms with E-state index in [-0.39, 0.29) is 11.8 Å². The molecule has 0 aromatic carbocycles. The van der Waals surface area contributed by atoms with Crippen molar-refractivity contribution in [3.8, 4) is 0 Å². The molecule has 134 valence electrons. The van der Waals surface area contributed by atoms with Crippen LogP contribution in [0.25, 0.3) is 0 Å². The lowest BCUT2D eigenvalue weighted by Crippen LogP contribution is -2.43. The summed E-state index contributed by atoms with van der Waals surface area (Å²) >= 11 is 0. The van der Waals surface area contributed by atoms with E-state index in [0.29, 0.717) is 12.0 Å². The molecule has 0 N–H and O–H groups in total. The van der Waals surface area contributed by atoms with Gasteiger partial charge in [-0.05, 0) is 38.0 Å². The molecule has 0 aromatic rings. The first-order chi connectivity index (χ1) is 11.6. The Kier molecular flexibility index (Phi) is 5.59. The molecule has 2 heterocycles. The van der Waals surface area contributed by atoms with E-state index in [4.69, 9.17) is 0 Å². The van der Waals surface area contributed by atoms with Crippen molar-refractivity contribution < 1.29 is 9.59 Å². The summed E-state index contributed by atoms with van der Waals surface area (Å²) < 4.78 is 0. The van der Waals surface area contributed by atoms with Crippen LogP contribution in [0, 0.1) is 5.92 Å². The summed E-state index contributed by atoms with van der Waals surface area (Å²) in [7, 11) is 0. The molecule has 2 fully saturated rings. The van der Waals surface area contributed by atoms with Crippen molar-refractivity contribution >= 4 is 11.8 Å². The van der Waals surface area contributed by atoms with Crippen LogP contribution in [0.3, 0.4) is 0 Å². The van der Waals surface area contributed by atoms with Crippen LogP contribution in [0.4, 0.5) is 0 Å². The van der Waals surface area contributed by atoms with Gasteiger partial charge >= 0.3 is 0 Å². The van der Waals surface area contributed by atoms with Gasteiger partial charge in [0.2, 0.25) is 11.8 Å². The molecule has 0 spiro atoms. The van der Waals surface area contributed by atoms with Crippen LogP contribution in [0.1, 0.15) is 46.0 Å². The number of rotatable bonds is 2. The monoisotopic (exact) mass is 333 g/mol. The van der Waals surface area contributed by atoms with Gasteiger partial charge in [-0.25, -0.2) is 0 Å². The molecular formula is C19H31N3O2. The van der Waals surface area contributed by atoms with Crippen LogP contribution in [0.5, 0.6) is 0 Å². The molecule has 3 rings (SSSR count). The first-order valence-electron chi connectivity index (χ1n) is 9.54. The average molecular weight is 333 g/mol. The molecule has 2 saturated heterocycles. The third-order valence-corrected chi connectivity index (χ3v) is 5.87. The highest BCUT2D eigenvalue weighted by Gasteiger charge is 2.37. The number of carbonyl (C=O) groups excluding carboxylic acids is 2. The molecule has 0 radical (unpaired) electrons. The zero-order valence-electron chi connectivity index (χ0n) is 15.2. The summed E-state index contributed by atoms with van der Waals surface area (Å²) in [5, 5.41) is 0. The van der Waals surface area contributed by atoms with Gasteiger partial charge in [0, 0.05) is 57.8 Å². The molecule has 24 heavy (non-hydrogen) atoms. The number of nitrogens with zero attached hydrogens (tertiary/aromatic N) is 3. The van der Waals surface area contributed by atoms with E-state index in [9.17, 15) is 9.59 Å². The fourth-order valence-corrected chi connectivity index (χ4v) is 4.41. The topological polar surface area (TPSA) is 43.9 Å². The Morgan fingerprint density at radius 3 is 2.54 bits per heavy atom. The Labute approximate surface area is 145 Å². The molecule has 2 amide bonds. The number of hydrogen-bond donors (Lipinski definition) is 0. The van der Waals surface area contributed by atoms with Gasteiger partial charge in [0.1, 0.15) is 0 Å². The summed E-state index contributed by atoms with van der Waals surface area (Å²) in [5.74, 6) is 0.948. The molecule has 2 atom stereocenters. The van der Waals surface area contributed by atoms with Gasteiger partial charge in [0.25, 0.3) is 0 Å². The van der Waals surface area contributed by atoms with Crippen LogP contribution in [-0.4, -0.2) is 71.8 Å². The lowest BCUT2D eigenvalue weighted by Gasteiger charge is -2.30. The fourth-order valence-electron chi connectivity index (χ4n) is 4.41. The third kappa shape index (κ3) is 3.82. The number of likely N-dealkylation sites (tertiary alicyclic amines) is 1. The minimum absolute atomic E-state index is 0.178. The average Bonchev–Trinajstić information content (AvgIpc) is 2.82. The minimum atomic E-state index is 0.178. The zero-order chi connectivity index (χ0) is 17.1. The van der Waals surface area contributed by atoms with E-state index in [1.807, 2.05) is 4.90 Å². The maximum Gasteiger partial charge on any atom is 0.249 e. The Balaban J connectivity index is 1.60. The Morgan fingerprint density at radius 2 is 1.83 bits per heavy atom. The van der Waals surface area contributed by atoms with Crippen LogP contribution in [-0.2, 0) is 9.59 Å². The zero-order valence-corrected chi connectivity index (χ0v) is 15.2. The number of hydrogen-bond acceptors (Lipinski definition) is 3. The van der Waals surface area contributed by atoms with Crippen LogP contribution < -0.4 is 0 Å². The molecule has 2 aliphatic heterocycles. The van der Waals surface area contributed by atoms with Crippen LogP contribution >= 0.6 is 0 Å². The maximum absolute atomic E-state index is 12.8. The van der Waals surface area contributed by atoms with Crippen LogP contribution in [0.2, 0.25) is 0 Å². The predicted octanol–water partition coefficient (Wildman–Crippen LogP) is 1.89. The van der Waals surface area contributed by atoms with E-state index in [1.54, 1.807) is 6.92 Å². The molecule has 0 saturated carbocycles. The fraction of sp³-hybridized carbons (Fsp3) is 0.789. The highest BCUT2D eigenvalue weighted by atomic mass is 16.2. The molecule has 3 aliphatic rings. The SMILES string of the molecule is CC(=O)N1CCCN(C2CN(C(=O)C3=CCCCC3)CC2C)CC1. The highest BCUT2D eigenvalue weighted by molar-refractivity contribution is 5.93. The van der Waals surface area contributed by atoms with Gasteiger partial charge in [-0.2, -0.15) is 0 Å². The number of amides is 2.